The Kier molecular flexibility index (Phi) is 5.22. The molecule has 1 heterocycles. The molecule has 2 rings (SSSR count). The van der Waals surface area contributed by atoms with Gasteiger partial charge in [-0.3, -0.25) is 0 Å². The van der Waals surface area contributed by atoms with Gasteiger partial charge in [-0.1, -0.05) is 18.9 Å². The Balaban J connectivity index is 1.80. The van der Waals surface area contributed by atoms with Gasteiger partial charge in [0, 0.05) is 17.5 Å². The lowest BCUT2D eigenvalue weighted by Crippen LogP contribution is -2.43. The molecule has 0 unspecified atom stereocenters. The number of amides is 2. The van der Waals surface area contributed by atoms with E-state index in [1.165, 1.54) is 17.7 Å². The lowest BCUT2D eigenvalue weighted by Gasteiger charge is -2.24. The molecule has 0 aliphatic heterocycles. The first-order chi connectivity index (χ1) is 9.16. The molecule has 0 bridgehead atoms. The smallest absolute Gasteiger partial charge is 0.315 e. The van der Waals surface area contributed by atoms with Crippen LogP contribution in [0.1, 0.15) is 36.6 Å². The van der Waals surface area contributed by atoms with Crippen molar-refractivity contribution in [2.24, 2.45) is 0 Å². The van der Waals surface area contributed by atoms with Gasteiger partial charge in [-0.15, -0.1) is 11.3 Å². The van der Waals surface area contributed by atoms with Crippen molar-refractivity contribution in [1.82, 2.24) is 15.5 Å². The molecular formula is C14H23N3OS. The van der Waals surface area contributed by atoms with E-state index in [4.69, 9.17) is 0 Å². The van der Waals surface area contributed by atoms with Crippen LogP contribution in [0.5, 0.6) is 0 Å². The molecular weight excluding hydrogens is 258 g/mol. The number of nitrogens with one attached hydrogen (secondary N) is 2. The van der Waals surface area contributed by atoms with Crippen LogP contribution in [0.2, 0.25) is 0 Å². The predicted molar refractivity (Wildman–Crippen MR) is 79.5 cm³/mol. The Hall–Kier alpha value is -1.07. The van der Waals surface area contributed by atoms with E-state index in [9.17, 15) is 4.79 Å². The molecule has 1 fully saturated rings. The van der Waals surface area contributed by atoms with Gasteiger partial charge >= 0.3 is 6.03 Å². The normalized spacial score (nSPS) is 17.6. The Morgan fingerprint density at radius 2 is 2.21 bits per heavy atom. The largest absolute Gasteiger partial charge is 0.336 e. The van der Waals surface area contributed by atoms with E-state index in [-0.39, 0.29) is 12.1 Å². The van der Waals surface area contributed by atoms with Gasteiger partial charge in [0.05, 0.1) is 6.04 Å². The number of likely N-dealkylation sites (N-methyl/N-ethyl adjacent to an activating group) is 1. The molecule has 4 nitrogen and oxygen atoms in total. The van der Waals surface area contributed by atoms with Crippen LogP contribution < -0.4 is 10.6 Å². The summed E-state index contributed by atoms with van der Waals surface area (Å²) < 4.78 is 0. The van der Waals surface area contributed by atoms with Gasteiger partial charge in [0.1, 0.15) is 0 Å². The lowest BCUT2D eigenvalue weighted by atomic mass is 10.2. The molecule has 0 aromatic carbocycles. The van der Waals surface area contributed by atoms with E-state index in [0.29, 0.717) is 12.6 Å². The van der Waals surface area contributed by atoms with Crippen LogP contribution in [-0.2, 0) is 0 Å². The van der Waals surface area contributed by atoms with Gasteiger partial charge in [-0.05, 0) is 38.4 Å². The van der Waals surface area contributed by atoms with Crippen molar-refractivity contribution in [3.05, 3.63) is 22.4 Å². The Morgan fingerprint density at radius 3 is 2.79 bits per heavy atom. The average molecular weight is 281 g/mol. The van der Waals surface area contributed by atoms with E-state index in [0.717, 1.165) is 12.8 Å². The van der Waals surface area contributed by atoms with Crippen molar-refractivity contribution in [1.29, 1.82) is 0 Å². The molecule has 1 aliphatic rings. The Labute approximate surface area is 119 Å². The van der Waals surface area contributed by atoms with Crippen LogP contribution in [0.15, 0.2) is 17.5 Å². The highest BCUT2D eigenvalue weighted by atomic mass is 32.1. The maximum absolute atomic E-state index is 11.9. The molecule has 0 spiro atoms. The molecule has 1 atom stereocenters. The summed E-state index contributed by atoms with van der Waals surface area (Å²) in [6.45, 7) is 0.645. The molecule has 19 heavy (non-hydrogen) atoms. The van der Waals surface area contributed by atoms with Gasteiger partial charge in [0.25, 0.3) is 0 Å². The molecule has 0 radical (unpaired) electrons. The van der Waals surface area contributed by atoms with Crippen LogP contribution >= 0.6 is 11.3 Å². The summed E-state index contributed by atoms with van der Waals surface area (Å²) in [6.07, 6.45) is 4.71. The lowest BCUT2D eigenvalue weighted by molar-refractivity contribution is 0.230. The van der Waals surface area contributed by atoms with Crippen molar-refractivity contribution in [2.75, 3.05) is 20.6 Å². The summed E-state index contributed by atoms with van der Waals surface area (Å²) in [6, 6.07) is 4.75. The van der Waals surface area contributed by atoms with E-state index < -0.39 is 0 Å². The Bertz CT molecular complexity index is 385. The zero-order valence-corrected chi connectivity index (χ0v) is 12.5. The summed E-state index contributed by atoms with van der Waals surface area (Å²) >= 11 is 1.73. The van der Waals surface area contributed by atoms with Gasteiger partial charge in [-0.25, -0.2) is 4.79 Å². The third-order valence-corrected chi connectivity index (χ3v) is 4.61. The quantitative estimate of drug-likeness (QED) is 0.871. The van der Waals surface area contributed by atoms with Crippen LogP contribution in [0.4, 0.5) is 4.79 Å². The molecule has 106 valence electrons. The molecule has 5 heteroatoms. The minimum absolute atomic E-state index is 0.0321. The van der Waals surface area contributed by atoms with Gasteiger partial charge in [0.15, 0.2) is 0 Å². The Morgan fingerprint density at radius 1 is 1.47 bits per heavy atom. The van der Waals surface area contributed by atoms with Crippen molar-refractivity contribution in [3.8, 4) is 0 Å². The summed E-state index contributed by atoms with van der Waals surface area (Å²) in [5, 5.41) is 8.12. The first kappa shape index (κ1) is 14.3. The molecule has 1 aromatic rings. The van der Waals surface area contributed by atoms with Gasteiger partial charge in [0.2, 0.25) is 0 Å². The number of urea groups is 1. The summed E-state index contributed by atoms with van der Waals surface area (Å²) in [7, 11) is 4.09. The van der Waals surface area contributed by atoms with Crippen molar-refractivity contribution in [2.45, 2.75) is 37.8 Å². The average Bonchev–Trinajstić information content (AvgIpc) is 3.01. The fourth-order valence-corrected chi connectivity index (χ4v) is 3.44. The molecule has 0 saturated heterocycles. The first-order valence-corrected chi connectivity index (χ1v) is 7.79. The third kappa shape index (κ3) is 4.21. The maximum Gasteiger partial charge on any atom is 0.315 e. The van der Waals surface area contributed by atoms with E-state index in [1.54, 1.807) is 11.3 Å². The van der Waals surface area contributed by atoms with E-state index in [2.05, 4.69) is 33.0 Å². The topological polar surface area (TPSA) is 44.4 Å². The summed E-state index contributed by atoms with van der Waals surface area (Å²) in [5.41, 5.74) is 0. The molecule has 2 amide bonds. The zero-order valence-electron chi connectivity index (χ0n) is 11.7. The molecule has 1 saturated carbocycles. The maximum atomic E-state index is 11.9. The zero-order chi connectivity index (χ0) is 13.7. The highest BCUT2D eigenvalue weighted by Crippen LogP contribution is 2.22. The summed E-state index contributed by atoms with van der Waals surface area (Å²) in [5.74, 6) is 0. The number of carbonyl (C=O) groups excluding carboxylic acids is 1. The van der Waals surface area contributed by atoms with Crippen molar-refractivity contribution in [3.63, 3.8) is 0 Å². The molecule has 1 aromatic heterocycles. The SMILES string of the molecule is CN(C)[C@@H](CNC(=O)NC1CCCC1)c1cccs1. The van der Waals surface area contributed by atoms with Gasteiger partial charge in [-0.2, -0.15) is 0 Å². The van der Waals surface area contributed by atoms with Crippen LogP contribution in [-0.4, -0.2) is 37.6 Å². The second-order valence-corrected chi connectivity index (χ2v) is 6.31. The van der Waals surface area contributed by atoms with Gasteiger partial charge < -0.3 is 15.5 Å². The first-order valence-electron chi connectivity index (χ1n) is 6.91. The van der Waals surface area contributed by atoms with Crippen molar-refractivity contribution >= 4 is 17.4 Å². The number of hydrogen-bond acceptors (Lipinski definition) is 3. The second kappa shape index (κ2) is 6.91. The van der Waals surface area contributed by atoms with Crippen LogP contribution in [0, 0.1) is 0 Å². The summed E-state index contributed by atoms with van der Waals surface area (Å²) in [4.78, 5) is 15.3. The van der Waals surface area contributed by atoms with Crippen LogP contribution in [0.25, 0.3) is 0 Å². The second-order valence-electron chi connectivity index (χ2n) is 5.33. The number of thiophene rings is 1. The number of rotatable bonds is 5. The third-order valence-electron chi connectivity index (χ3n) is 3.64. The number of nitrogens with zero attached hydrogens (tertiary/aromatic N) is 1. The van der Waals surface area contributed by atoms with Crippen molar-refractivity contribution < 1.29 is 4.79 Å². The fraction of sp³-hybridized carbons (Fsp3) is 0.643. The number of carbonyl (C=O) groups is 1. The minimum atomic E-state index is -0.0321. The fourth-order valence-electron chi connectivity index (χ4n) is 2.51. The molecule has 1 aliphatic carbocycles. The highest BCUT2D eigenvalue weighted by Gasteiger charge is 2.19. The molecule has 2 N–H and O–H groups in total. The van der Waals surface area contributed by atoms with E-state index >= 15 is 0 Å². The number of hydrogen-bond donors (Lipinski definition) is 2. The highest BCUT2D eigenvalue weighted by molar-refractivity contribution is 7.10. The standard InChI is InChI=1S/C14H23N3OS/c1-17(2)12(13-8-5-9-19-13)10-15-14(18)16-11-6-3-4-7-11/h5,8-9,11-12H,3-4,6-7,10H2,1-2H3,(H2,15,16,18)/t12-/m0/s1. The van der Waals surface area contributed by atoms with E-state index in [1.807, 2.05) is 14.1 Å². The monoisotopic (exact) mass is 281 g/mol. The minimum Gasteiger partial charge on any atom is -0.336 e. The predicted octanol–water partition coefficient (Wildman–Crippen LogP) is 2.59. The van der Waals surface area contributed by atoms with Crippen LogP contribution in [0.3, 0.4) is 0 Å².